The topological polar surface area (TPSA) is 36.9 Å². The Morgan fingerprint density at radius 1 is 1.40 bits per heavy atom. The molecule has 1 unspecified atom stereocenters. The monoisotopic (exact) mass is 275 g/mol. The van der Waals surface area contributed by atoms with Crippen molar-refractivity contribution < 1.29 is 4.74 Å². The zero-order valence-corrected chi connectivity index (χ0v) is 12.7. The van der Waals surface area contributed by atoms with Crippen molar-refractivity contribution in [1.82, 2.24) is 10.2 Å². The van der Waals surface area contributed by atoms with Crippen molar-refractivity contribution >= 4 is 5.96 Å². The number of rotatable bonds is 4. The fraction of sp³-hybridized carbons (Fsp3) is 0.562. The third kappa shape index (κ3) is 3.44. The Hall–Kier alpha value is -1.71. The third-order valence-electron chi connectivity index (χ3n) is 3.82. The molecule has 1 aromatic rings. The molecule has 20 heavy (non-hydrogen) atoms. The number of aliphatic imine (C=N–C) groups is 1. The molecular formula is C16H25N3O. The Morgan fingerprint density at radius 2 is 2.15 bits per heavy atom. The van der Waals surface area contributed by atoms with E-state index in [4.69, 9.17) is 4.74 Å². The lowest BCUT2D eigenvalue weighted by Gasteiger charge is -2.21. The molecule has 1 aliphatic rings. The Kier molecular flexibility index (Phi) is 5.27. The average molecular weight is 275 g/mol. The summed E-state index contributed by atoms with van der Waals surface area (Å²) in [5, 5.41) is 3.41. The predicted molar refractivity (Wildman–Crippen MR) is 83.6 cm³/mol. The molecule has 110 valence electrons. The van der Waals surface area contributed by atoms with Crippen molar-refractivity contribution in [2.24, 2.45) is 4.99 Å². The van der Waals surface area contributed by atoms with Crippen LogP contribution in [0, 0.1) is 0 Å². The molecule has 0 aliphatic carbocycles. The van der Waals surface area contributed by atoms with Gasteiger partial charge in [0.1, 0.15) is 5.75 Å². The molecule has 2 rings (SSSR count). The second-order valence-electron chi connectivity index (χ2n) is 5.18. The van der Waals surface area contributed by atoms with Gasteiger partial charge in [0.15, 0.2) is 5.96 Å². The summed E-state index contributed by atoms with van der Waals surface area (Å²) in [6, 6.07) is 8.44. The zero-order chi connectivity index (χ0) is 14.4. The van der Waals surface area contributed by atoms with Gasteiger partial charge in [0.2, 0.25) is 0 Å². The molecule has 0 saturated carbocycles. The molecule has 1 atom stereocenters. The Labute approximate surface area is 121 Å². The molecule has 1 aliphatic heterocycles. The third-order valence-corrected chi connectivity index (χ3v) is 3.82. The fourth-order valence-electron chi connectivity index (χ4n) is 2.67. The lowest BCUT2D eigenvalue weighted by atomic mass is 9.98. The maximum Gasteiger partial charge on any atom is 0.193 e. The highest BCUT2D eigenvalue weighted by Crippen LogP contribution is 2.28. The predicted octanol–water partition coefficient (Wildman–Crippen LogP) is 2.47. The van der Waals surface area contributed by atoms with E-state index in [1.54, 1.807) is 7.11 Å². The van der Waals surface area contributed by atoms with Crippen molar-refractivity contribution in [2.45, 2.75) is 25.7 Å². The first kappa shape index (κ1) is 14.7. The van der Waals surface area contributed by atoms with E-state index in [0.717, 1.165) is 37.8 Å². The van der Waals surface area contributed by atoms with Gasteiger partial charge in [-0.2, -0.15) is 0 Å². The van der Waals surface area contributed by atoms with E-state index in [9.17, 15) is 0 Å². The SMILES string of the molecule is CCCNC(=NC)N1CCC(c2ccc(OC)cc2)C1. The van der Waals surface area contributed by atoms with Crippen molar-refractivity contribution in [3.8, 4) is 5.75 Å². The molecule has 0 spiro atoms. The first-order chi connectivity index (χ1) is 9.78. The van der Waals surface area contributed by atoms with Gasteiger partial charge in [0, 0.05) is 32.6 Å². The summed E-state index contributed by atoms with van der Waals surface area (Å²) >= 11 is 0. The number of methoxy groups -OCH3 is 1. The molecule has 1 aromatic carbocycles. The van der Waals surface area contributed by atoms with Gasteiger partial charge in [-0.1, -0.05) is 19.1 Å². The van der Waals surface area contributed by atoms with Crippen LogP contribution in [0.2, 0.25) is 0 Å². The van der Waals surface area contributed by atoms with Crippen LogP contribution in [0.1, 0.15) is 31.2 Å². The minimum absolute atomic E-state index is 0.584. The maximum atomic E-state index is 5.21. The molecule has 0 radical (unpaired) electrons. The Balaban J connectivity index is 1.96. The molecule has 4 heteroatoms. The molecule has 1 heterocycles. The molecule has 0 bridgehead atoms. The van der Waals surface area contributed by atoms with Crippen molar-refractivity contribution in [3.05, 3.63) is 29.8 Å². The molecule has 0 aromatic heterocycles. The minimum Gasteiger partial charge on any atom is -0.497 e. The van der Waals surface area contributed by atoms with Crippen LogP contribution in [0.5, 0.6) is 5.75 Å². The highest BCUT2D eigenvalue weighted by molar-refractivity contribution is 5.80. The van der Waals surface area contributed by atoms with Gasteiger partial charge < -0.3 is 15.0 Å². The van der Waals surface area contributed by atoms with Gasteiger partial charge in [-0.05, 0) is 30.5 Å². The van der Waals surface area contributed by atoms with Crippen LogP contribution in [-0.4, -0.2) is 44.7 Å². The average Bonchev–Trinajstić information content (AvgIpc) is 2.98. The van der Waals surface area contributed by atoms with Crippen LogP contribution in [0.25, 0.3) is 0 Å². The summed E-state index contributed by atoms with van der Waals surface area (Å²) < 4.78 is 5.21. The number of nitrogens with one attached hydrogen (secondary N) is 1. The normalized spacial score (nSPS) is 19.2. The maximum absolute atomic E-state index is 5.21. The number of nitrogens with zero attached hydrogens (tertiary/aromatic N) is 2. The van der Waals surface area contributed by atoms with Crippen LogP contribution in [0.4, 0.5) is 0 Å². The second-order valence-corrected chi connectivity index (χ2v) is 5.18. The molecule has 1 fully saturated rings. The number of benzene rings is 1. The zero-order valence-electron chi connectivity index (χ0n) is 12.7. The first-order valence-electron chi connectivity index (χ1n) is 7.38. The van der Waals surface area contributed by atoms with Crippen molar-refractivity contribution in [3.63, 3.8) is 0 Å². The van der Waals surface area contributed by atoms with Crippen LogP contribution in [0.15, 0.2) is 29.3 Å². The lowest BCUT2D eigenvalue weighted by Crippen LogP contribution is -2.40. The standard InChI is InChI=1S/C16H25N3O/c1-4-10-18-16(17-2)19-11-9-14(12-19)13-5-7-15(20-3)8-6-13/h5-8,14H,4,9-12H2,1-3H3,(H,17,18). The lowest BCUT2D eigenvalue weighted by molar-refractivity contribution is 0.414. The van der Waals surface area contributed by atoms with Crippen molar-refractivity contribution in [2.75, 3.05) is 33.8 Å². The molecule has 1 saturated heterocycles. The summed E-state index contributed by atoms with van der Waals surface area (Å²) in [4.78, 5) is 6.73. The first-order valence-corrected chi connectivity index (χ1v) is 7.38. The highest BCUT2D eigenvalue weighted by Gasteiger charge is 2.25. The van der Waals surface area contributed by atoms with E-state index in [0.29, 0.717) is 5.92 Å². The number of likely N-dealkylation sites (tertiary alicyclic amines) is 1. The Morgan fingerprint density at radius 3 is 2.75 bits per heavy atom. The van der Waals surface area contributed by atoms with Crippen LogP contribution >= 0.6 is 0 Å². The summed E-state index contributed by atoms with van der Waals surface area (Å²) in [6.45, 7) is 5.26. The largest absolute Gasteiger partial charge is 0.497 e. The molecule has 1 N–H and O–H groups in total. The van der Waals surface area contributed by atoms with E-state index in [1.165, 1.54) is 12.0 Å². The van der Waals surface area contributed by atoms with Gasteiger partial charge in [0.25, 0.3) is 0 Å². The van der Waals surface area contributed by atoms with E-state index in [2.05, 4.69) is 34.3 Å². The fourth-order valence-corrected chi connectivity index (χ4v) is 2.67. The van der Waals surface area contributed by atoms with Crippen LogP contribution in [0.3, 0.4) is 0 Å². The molecular weight excluding hydrogens is 250 g/mol. The van der Waals surface area contributed by atoms with Gasteiger partial charge >= 0.3 is 0 Å². The summed E-state index contributed by atoms with van der Waals surface area (Å²) in [5.41, 5.74) is 1.39. The van der Waals surface area contributed by atoms with Crippen LogP contribution < -0.4 is 10.1 Å². The van der Waals surface area contributed by atoms with Crippen LogP contribution in [-0.2, 0) is 0 Å². The smallest absolute Gasteiger partial charge is 0.193 e. The number of hydrogen-bond donors (Lipinski definition) is 1. The molecule has 4 nitrogen and oxygen atoms in total. The van der Waals surface area contributed by atoms with Gasteiger partial charge in [-0.3, -0.25) is 4.99 Å². The number of hydrogen-bond acceptors (Lipinski definition) is 2. The van der Waals surface area contributed by atoms with E-state index in [-0.39, 0.29) is 0 Å². The van der Waals surface area contributed by atoms with Gasteiger partial charge in [-0.25, -0.2) is 0 Å². The van der Waals surface area contributed by atoms with E-state index >= 15 is 0 Å². The number of ether oxygens (including phenoxy) is 1. The van der Waals surface area contributed by atoms with E-state index in [1.807, 2.05) is 19.2 Å². The van der Waals surface area contributed by atoms with Gasteiger partial charge in [0.05, 0.1) is 7.11 Å². The summed E-state index contributed by atoms with van der Waals surface area (Å²) in [7, 11) is 3.56. The molecule has 0 amide bonds. The Bertz CT molecular complexity index is 442. The van der Waals surface area contributed by atoms with Crippen molar-refractivity contribution in [1.29, 1.82) is 0 Å². The second kappa shape index (κ2) is 7.17. The number of guanidine groups is 1. The summed E-state index contributed by atoms with van der Waals surface area (Å²) in [6.07, 6.45) is 2.30. The summed E-state index contributed by atoms with van der Waals surface area (Å²) in [5.74, 6) is 2.54. The highest BCUT2D eigenvalue weighted by atomic mass is 16.5. The van der Waals surface area contributed by atoms with E-state index < -0.39 is 0 Å². The minimum atomic E-state index is 0.584. The quantitative estimate of drug-likeness (QED) is 0.677. The van der Waals surface area contributed by atoms with Gasteiger partial charge in [-0.15, -0.1) is 0 Å².